The zero-order valence-electron chi connectivity index (χ0n) is 26.8. The summed E-state index contributed by atoms with van der Waals surface area (Å²) in [5.74, 6) is 2.78. The van der Waals surface area contributed by atoms with Crippen LogP contribution in [0.4, 0.5) is 11.5 Å². The lowest BCUT2D eigenvalue weighted by atomic mass is 9.94. The number of likely N-dealkylation sites (tertiary alicyclic amines) is 1. The molecule has 238 valence electrons. The number of anilines is 2. The first-order valence-electron chi connectivity index (χ1n) is 16.2. The molecule has 0 radical (unpaired) electrons. The van der Waals surface area contributed by atoms with Gasteiger partial charge in [-0.1, -0.05) is 6.92 Å². The largest absolute Gasteiger partial charge is 0.477 e. The Bertz CT molecular complexity index is 1370. The van der Waals surface area contributed by atoms with E-state index in [2.05, 4.69) is 81.0 Å². The van der Waals surface area contributed by atoms with Gasteiger partial charge >= 0.3 is 0 Å². The lowest BCUT2D eigenvalue weighted by molar-refractivity contribution is -0.126. The van der Waals surface area contributed by atoms with Crippen LogP contribution in [0, 0.1) is 19.8 Å². The van der Waals surface area contributed by atoms with E-state index in [0.717, 1.165) is 89.2 Å². The molecule has 1 aromatic carbocycles. The Morgan fingerprint density at radius 1 is 1.07 bits per heavy atom. The zero-order chi connectivity index (χ0) is 30.9. The zero-order valence-corrected chi connectivity index (χ0v) is 26.8. The van der Waals surface area contributed by atoms with Crippen LogP contribution < -0.4 is 20.3 Å². The molecule has 6 rings (SSSR count). The molecule has 2 saturated heterocycles. The Labute approximate surface area is 262 Å². The molecule has 0 spiro atoms. The highest BCUT2D eigenvalue weighted by Gasteiger charge is 2.26. The van der Waals surface area contributed by atoms with Crippen molar-refractivity contribution in [1.29, 1.82) is 0 Å². The number of ether oxygens (including phenoxy) is 2. The van der Waals surface area contributed by atoms with E-state index in [9.17, 15) is 0 Å². The summed E-state index contributed by atoms with van der Waals surface area (Å²) >= 11 is 0. The van der Waals surface area contributed by atoms with Crippen molar-refractivity contribution in [2.45, 2.75) is 52.4 Å². The van der Waals surface area contributed by atoms with Crippen molar-refractivity contribution in [2.75, 3.05) is 76.3 Å². The second-order valence-corrected chi connectivity index (χ2v) is 12.2. The van der Waals surface area contributed by atoms with Crippen LogP contribution in [0.3, 0.4) is 0 Å². The number of aryl methyl sites for hydroxylation is 3. The number of carbonyl (C=O) groups is 1. The van der Waals surface area contributed by atoms with Gasteiger partial charge in [-0.2, -0.15) is 10.1 Å². The molecule has 2 fully saturated rings. The number of carbonyl (C=O) groups excluding carboxylic acids is 1. The number of piperazine rings is 1. The molecule has 0 aliphatic carbocycles. The summed E-state index contributed by atoms with van der Waals surface area (Å²) < 4.78 is 12.2. The molecule has 2 atom stereocenters. The maximum Gasteiger partial charge on any atom is 0.292 e. The molecule has 10 nitrogen and oxygen atoms in total. The number of hydrogen-bond donors (Lipinski definition) is 2. The first kappa shape index (κ1) is 31.8. The molecule has 3 aliphatic rings. The minimum Gasteiger partial charge on any atom is -0.477 e. The van der Waals surface area contributed by atoms with Crippen molar-refractivity contribution in [3.63, 3.8) is 0 Å². The lowest BCUT2D eigenvalue weighted by Crippen LogP contribution is -2.43. The predicted molar refractivity (Wildman–Crippen MR) is 175 cm³/mol. The van der Waals surface area contributed by atoms with Gasteiger partial charge in [0, 0.05) is 69.2 Å². The van der Waals surface area contributed by atoms with Crippen molar-refractivity contribution in [2.24, 2.45) is 5.92 Å². The minimum atomic E-state index is 0.375. The normalized spacial score (nSPS) is 18.9. The van der Waals surface area contributed by atoms with Gasteiger partial charge in [-0.05, 0) is 93.5 Å². The molecule has 3 aliphatic heterocycles. The van der Waals surface area contributed by atoms with Crippen LogP contribution in [0.5, 0.6) is 5.88 Å². The number of nitrogens with one attached hydrogen (secondary N) is 2. The molecule has 44 heavy (non-hydrogen) atoms. The van der Waals surface area contributed by atoms with Gasteiger partial charge in [0.2, 0.25) is 5.88 Å². The Morgan fingerprint density at radius 2 is 1.86 bits per heavy atom. The van der Waals surface area contributed by atoms with E-state index >= 15 is 0 Å². The van der Waals surface area contributed by atoms with Crippen LogP contribution >= 0.6 is 0 Å². The van der Waals surface area contributed by atoms with E-state index in [1.54, 1.807) is 0 Å². The molecule has 1 unspecified atom stereocenters. The summed E-state index contributed by atoms with van der Waals surface area (Å²) in [6, 6.07) is 13.5. The number of fused-ring (bicyclic) bond motifs is 1. The van der Waals surface area contributed by atoms with E-state index in [4.69, 9.17) is 19.6 Å². The van der Waals surface area contributed by atoms with Crippen molar-refractivity contribution >= 4 is 18.0 Å². The quantitative estimate of drug-likeness (QED) is 0.328. The van der Waals surface area contributed by atoms with E-state index in [0.29, 0.717) is 18.3 Å². The first-order chi connectivity index (χ1) is 21.5. The van der Waals surface area contributed by atoms with E-state index < -0.39 is 0 Å². The maximum absolute atomic E-state index is 8.95. The summed E-state index contributed by atoms with van der Waals surface area (Å²) in [4.78, 5) is 18.8. The second-order valence-electron chi connectivity index (χ2n) is 12.2. The Hall–Kier alpha value is -3.63. The van der Waals surface area contributed by atoms with Crippen molar-refractivity contribution < 1.29 is 14.3 Å². The fourth-order valence-corrected chi connectivity index (χ4v) is 6.56. The van der Waals surface area contributed by atoms with Crippen LogP contribution in [-0.4, -0.2) is 92.2 Å². The SMILES string of the molecule is CCC(CN1CC[C@@H](COc2ccc3c(n2)NCCC3)C1)c1cc(N2CCNCC2)cc(-n2nc(C)cc2C)c1.COC=O. The van der Waals surface area contributed by atoms with E-state index in [1.807, 2.05) is 6.07 Å². The van der Waals surface area contributed by atoms with Gasteiger partial charge in [0.05, 0.1) is 25.1 Å². The van der Waals surface area contributed by atoms with Crippen molar-refractivity contribution in [3.8, 4) is 11.6 Å². The van der Waals surface area contributed by atoms with Gasteiger partial charge in [0.25, 0.3) is 6.47 Å². The highest BCUT2D eigenvalue weighted by atomic mass is 16.5. The van der Waals surface area contributed by atoms with Crippen molar-refractivity contribution in [1.82, 2.24) is 25.0 Å². The van der Waals surface area contributed by atoms with Gasteiger partial charge in [-0.3, -0.25) is 4.79 Å². The molecule has 10 heteroatoms. The van der Waals surface area contributed by atoms with Crippen LogP contribution in [0.25, 0.3) is 5.69 Å². The van der Waals surface area contributed by atoms with E-state index in [-0.39, 0.29) is 0 Å². The fourth-order valence-electron chi connectivity index (χ4n) is 6.56. The van der Waals surface area contributed by atoms with Gasteiger partial charge < -0.3 is 29.9 Å². The highest BCUT2D eigenvalue weighted by molar-refractivity contribution is 5.57. The lowest BCUT2D eigenvalue weighted by Gasteiger charge is -2.31. The number of nitrogens with zero attached hydrogens (tertiary/aromatic N) is 5. The van der Waals surface area contributed by atoms with Crippen LogP contribution in [-0.2, 0) is 16.0 Å². The second kappa shape index (κ2) is 15.4. The maximum atomic E-state index is 8.95. The molecule has 2 N–H and O–H groups in total. The van der Waals surface area contributed by atoms with Crippen LogP contribution in [0.15, 0.2) is 36.4 Å². The van der Waals surface area contributed by atoms with Crippen molar-refractivity contribution in [3.05, 3.63) is 58.9 Å². The van der Waals surface area contributed by atoms with Gasteiger partial charge in [-0.25, -0.2) is 4.68 Å². The number of pyridine rings is 1. The molecule has 0 amide bonds. The number of rotatable bonds is 10. The molecule has 0 saturated carbocycles. The Morgan fingerprint density at radius 3 is 2.59 bits per heavy atom. The highest BCUT2D eigenvalue weighted by Crippen LogP contribution is 2.31. The Kier molecular flexibility index (Phi) is 11.1. The van der Waals surface area contributed by atoms with Crippen LogP contribution in [0.1, 0.15) is 54.6 Å². The van der Waals surface area contributed by atoms with Gasteiger partial charge in [0.1, 0.15) is 5.82 Å². The summed E-state index contributed by atoms with van der Waals surface area (Å²) in [5, 5.41) is 11.7. The smallest absolute Gasteiger partial charge is 0.292 e. The third-order valence-corrected chi connectivity index (χ3v) is 8.91. The average molecular weight is 604 g/mol. The monoisotopic (exact) mass is 603 g/mol. The summed E-state index contributed by atoms with van der Waals surface area (Å²) in [5.41, 5.74) is 7.46. The topological polar surface area (TPSA) is 96.8 Å². The molecular weight excluding hydrogens is 554 g/mol. The third-order valence-electron chi connectivity index (χ3n) is 8.91. The predicted octanol–water partition coefficient (Wildman–Crippen LogP) is 4.34. The molecule has 2 aromatic heterocycles. The number of methoxy groups -OCH3 is 1. The molecule has 5 heterocycles. The minimum absolute atomic E-state index is 0.375. The Balaban J connectivity index is 0.000000906. The molecular formula is C34H49N7O3. The van der Waals surface area contributed by atoms with E-state index in [1.165, 1.54) is 48.1 Å². The molecule has 3 aromatic rings. The number of hydrogen-bond acceptors (Lipinski definition) is 9. The molecule has 0 bridgehead atoms. The fraction of sp³-hybridized carbons (Fsp3) is 0.559. The van der Waals surface area contributed by atoms with Gasteiger partial charge in [-0.15, -0.1) is 0 Å². The summed E-state index contributed by atoms with van der Waals surface area (Å²) in [6.45, 7) is 16.1. The summed E-state index contributed by atoms with van der Waals surface area (Å²) in [7, 11) is 1.31. The summed E-state index contributed by atoms with van der Waals surface area (Å²) in [6.07, 6.45) is 4.57. The number of benzene rings is 1. The van der Waals surface area contributed by atoms with Gasteiger partial charge in [0.15, 0.2) is 0 Å². The standard InChI is InChI=1S/C32H45N7O.C2H4O2/c1-4-26(21-37-13-9-25(20-37)22-40-31-8-7-27-6-5-10-34-32(27)35-31)28-17-29(38-14-11-33-12-15-38)19-30(18-28)39-24(3)16-23(2)36-39;1-4-2-3/h7-8,16-19,25-26,33H,4-6,9-15,20-22H2,1-3H3,(H,34,35);2H,1H3/t25-,26?;/m1./s1. The van der Waals surface area contributed by atoms with Crippen LogP contribution in [0.2, 0.25) is 0 Å². The first-order valence-corrected chi connectivity index (χ1v) is 16.2. The third kappa shape index (κ3) is 8.09. The number of aromatic nitrogens is 3. The average Bonchev–Trinajstić information content (AvgIpc) is 3.67.